The monoisotopic (exact) mass is 160 g/mol. The molecule has 0 spiro atoms. The van der Waals surface area contributed by atoms with Crippen molar-refractivity contribution in [2.45, 2.75) is 19.4 Å². The van der Waals surface area contributed by atoms with Crippen LogP contribution < -0.4 is 4.74 Å². The molecule has 0 amide bonds. The Morgan fingerprint density at radius 2 is 1.92 bits per heavy atom. The lowest BCUT2D eigenvalue weighted by atomic mass is 9.96. The highest BCUT2D eigenvalue weighted by molar-refractivity contribution is 5.77. The van der Waals surface area contributed by atoms with E-state index in [1.54, 1.807) is 0 Å². The smallest absolute Gasteiger partial charge is 0.129 e. The van der Waals surface area contributed by atoms with Gasteiger partial charge in [0.05, 0.1) is 0 Å². The molecule has 0 atom stereocenters. The predicted molar refractivity (Wildman–Crippen MR) is 50.2 cm³/mol. The molecule has 1 aromatic carbocycles. The van der Waals surface area contributed by atoms with Crippen LogP contribution in [0.2, 0.25) is 0 Å². The average Bonchev–Trinajstić information content (AvgIpc) is 2.24. The number of benzene rings is 1. The van der Waals surface area contributed by atoms with Gasteiger partial charge in [-0.1, -0.05) is 24.8 Å². The summed E-state index contributed by atoms with van der Waals surface area (Å²) in [6, 6.07) is 8.02. The summed E-state index contributed by atoms with van der Waals surface area (Å²) in [5.74, 6) is 0.951. The molecule has 1 heterocycles. The van der Waals surface area contributed by atoms with Crippen LogP contribution in [0.4, 0.5) is 0 Å². The topological polar surface area (TPSA) is 9.23 Å². The molecule has 0 aliphatic carbocycles. The van der Waals surface area contributed by atoms with Crippen molar-refractivity contribution in [2.24, 2.45) is 0 Å². The normalized spacial score (nSPS) is 18.7. The van der Waals surface area contributed by atoms with Crippen LogP contribution in [0, 0.1) is 0 Å². The van der Waals surface area contributed by atoms with Crippen molar-refractivity contribution in [3.05, 3.63) is 36.4 Å². The number of rotatable bonds is 0. The Kier molecular flexibility index (Phi) is 1.31. The summed E-state index contributed by atoms with van der Waals surface area (Å²) in [4.78, 5) is 0. The van der Waals surface area contributed by atoms with Crippen LogP contribution in [0.5, 0.6) is 5.75 Å². The molecule has 1 aliphatic heterocycles. The third kappa shape index (κ3) is 0.860. The number of hydrogen-bond donors (Lipinski definition) is 0. The summed E-state index contributed by atoms with van der Waals surface area (Å²) in [6.07, 6.45) is 0. The Morgan fingerprint density at radius 3 is 2.58 bits per heavy atom. The van der Waals surface area contributed by atoms with Gasteiger partial charge in [-0.05, 0) is 25.5 Å². The van der Waals surface area contributed by atoms with Gasteiger partial charge in [0.2, 0.25) is 0 Å². The van der Waals surface area contributed by atoms with E-state index in [0.717, 1.165) is 16.9 Å². The summed E-state index contributed by atoms with van der Waals surface area (Å²) in [5.41, 5.74) is 1.98. The minimum Gasteiger partial charge on any atom is -0.483 e. The van der Waals surface area contributed by atoms with Gasteiger partial charge in [0.25, 0.3) is 0 Å². The Balaban J connectivity index is 2.57. The minimum atomic E-state index is -0.232. The van der Waals surface area contributed by atoms with Crippen LogP contribution >= 0.6 is 0 Å². The van der Waals surface area contributed by atoms with Crippen LogP contribution in [0.25, 0.3) is 5.57 Å². The van der Waals surface area contributed by atoms with Crippen molar-refractivity contribution in [2.75, 3.05) is 0 Å². The minimum absolute atomic E-state index is 0.232. The van der Waals surface area contributed by atoms with Gasteiger partial charge in [-0.15, -0.1) is 0 Å². The first-order chi connectivity index (χ1) is 5.61. The molecule has 0 radical (unpaired) electrons. The predicted octanol–water partition coefficient (Wildman–Crippen LogP) is 2.87. The van der Waals surface area contributed by atoms with Gasteiger partial charge in [0.1, 0.15) is 11.4 Å². The molecule has 1 aromatic rings. The van der Waals surface area contributed by atoms with E-state index in [-0.39, 0.29) is 5.60 Å². The molecule has 0 unspecified atom stereocenters. The van der Waals surface area contributed by atoms with Gasteiger partial charge in [-0.3, -0.25) is 0 Å². The summed E-state index contributed by atoms with van der Waals surface area (Å²) in [6.45, 7) is 8.10. The van der Waals surface area contributed by atoms with Crippen molar-refractivity contribution in [1.82, 2.24) is 0 Å². The highest BCUT2D eigenvalue weighted by atomic mass is 16.5. The van der Waals surface area contributed by atoms with Crippen molar-refractivity contribution < 1.29 is 4.74 Å². The fraction of sp³-hybridized carbons (Fsp3) is 0.273. The molecular formula is C11H12O. The number of hydrogen-bond acceptors (Lipinski definition) is 1. The molecule has 0 saturated carbocycles. The first-order valence-corrected chi connectivity index (χ1v) is 4.09. The standard InChI is InChI=1S/C11H12O/c1-8-9-6-4-5-7-10(9)12-11(8,2)3/h4-7H,1H2,2-3H3. The first-order valence-electron chi connectivity index (χ1n) is 4.09. The fourth-order valence-electron chi connectivity index (χ4n) is 1.47. The Morgan fingerprint density at radius 1 is 1.25 bits per heavy atom. The summed E-state index contributed by atoms with van der Waals surface area (Å²) >= 11 is 0. The van der Waals surface area contributed by atoms with E-state index in [0.29, 0.717) is 0 Å². The van der Waals surface area contributed by atoms with E-state index in [2.05, 4.69) is 6.58 Å². The summed E-state index contributed by atoms with van der Waals surface area (Å²) in [7, 11) is 0. The second-order valence-electron chi connectivity index (χ2n) is 3.59. The van der Waals surface area contributed by atoms with Crippen molar-refractivity contribution >= 4 is 5.57 Å². The zero-order valence-corrected chi connectivity index (χ0v) is 7.42. The van der Waals surface area contributed by atoms with E-state index in [9.17, 15) is 0 Å². The molecular weight excluding hydrogens is 148 g/mol. The summed E-state index contributed by atoms with van der Waals surface area (Å²) in [5, 5.41) is 0. The van der Waals surface area contributed by atoms with Crippen LogP contribution in [-0.4, -0.2) is 5.60 Å². The maximum absolute atomic E-state index is 5.71. The lowest BCUT2D eigenvalue weighted by Gasteiger charge is -2.18. The number of para-hydroxylation sites is 1. The van der Waals surface area contributed by atoms with Crippen molar-refractivity contribution in [1.29, 1.82) is 0 Å². The maximum atomic E-state index is 5.71. The van der Waals surface area contributed by atoms with Gasteiger partial charge < -0.3 is 4.74 Å². The SMILES string of the molecule is C=C1c2ccccc2OC1(C)C. The molecule has 0 N–H and O–H groups in total. The quantitative estimate of drug-likeness (QED) is 0.567. The second-order valence-corrected chi connectivity index (χ2v) is 3.59. The van der Waals surface area contributed by atoms with Gasteiger partial charge in [-0.2, -0.15) is 0 Å². The maximum Gasteiger partial charge on any atom is 0.129 e. The van der Waals surface area contributed by atoms with E-state index in [1.807, 2.05) is 38.1 Å². The second kappa shape index (κ2) is 2.13. The Hall–Kier alpha value is -1.24. The highest BCUT2D eigenvalue weighted by Crippen LogP contribution is 2.42. The van der Waals surface area contributed by atoms with Crippen molar-refractivity contribution in [3.8, 4) is 5.75 Å². The van der Waals surface area contributed by atoms with Crippen LogP contribution in [-0.2, 0) is 0 Å². The van der Waals surface area contributed by atoms with Crippen molar-refractivity contribution in [3.63, 3.8) is 0 Å². The van der Waals surface area contributed by atoms with Gasteiger partial charge in [-0.25, -0.2) is 0 Å². The van der Waals surface area contributed by atoms with Gasteiger partial charge >= 0.3 is 0 Å². The third-order valence-electron chi connectivity index (χ3n) is 2.30. The molecule has 1 heteroatoms. The molecule has 1 aliphatic rings. The molecule has 0 aromatic heterocycles. The molecule has 2 rings (SSSR count). The lowest BCUT2D eigenvalue weighted by molar-refractivity contribution is 0.190. The third-order valence-corrected chi connectivity index (χ3v) is 2.30. The lowest BCUT2D eigenvalue weighted by Crippen LogP contribution is -2.23. The highest BCUT2D eigenvalue weighted by Gasteiger charge is 2.33. The summed E-state index contributed by atoms with van der Waals surface area (Å²) < 4.78 is 5.71. The fourth-order valence-corrected chi connectivity index (χ4v) is 1.47. The van der Waals surface area contributed by atoms with E-state index in [1.165, 1.54) is 0 Å². The first kappa shape index (κ1) is 7.41. The molecule has 1 nitrogen and oxygen atoms in total. The molecule has 62 valence electrons. The average molecular weight is 160 g/mol. The van der Waals surface area contributed by atoms with Crippen LogP contribution in [0.1, 0.15) is 19.4 Å². The number of ether oxygens (including phenoxy) is 1. The van der Waals surface area contributed by atoms with E-state index < -0.39 is 0 Å². The zero-order valence-electron chi connectivity index (χ0n) is 7.42. The van der Waals surface area contributed by atoms with E-state index in [4.69, 9.17) is 4.74 Å². The molecule has 0 saturated heterocycles. The van der Waals surface area contributed by atoms with Crippen LogP contribution in [0.3, 0.4) is 0 Å². The molecule has 12 heavy (non-hydrogen) atoms. The Bertz CT molecular complexity index is 337. The molecule has 0 bridgehead atoms. The van der Waals surface area contributed by atoms with Gasteiger partial charge in [0.15, 0.2) is 0 Å². The van der Waals surface area contributed by atoms with Gasteiger partial charge in [0, 0.05) is 5.56 Å². The largest absolute Gasteiger partial charge is 0.483 e. The van der Waals surface area contributed by atoms with E-state index >= 15 is 0 Å². The zero-order chi connectivity index (χ0) is 8.77. The Labute approximate surface area is 72.7 Å². The number of fused-ring (bicyclic) bond motifs is 1. The van der Waals surface area contributed by atoms with Crippen LogP contribution in [0.15, 0.2) is 30.8 Å². The molecule has 0 fully saturated rings.